The lowest BCUT2D eigenvalue weighted by atomic mass is 10.7. The highest BCUT2D eigenvalue weighted by atomic mass is 33.1. The minimum Gasteiger partial charge on any atom is -0.380 e. The molecule has 0 amide bonds. The molecule has 2 aromatic rings. The maximum atomic E-state index is 5.99. The number of thioether (sulfide) groups is 2. The van der Waals surface area contributed by atoms with Crippen LogP contribution >= 0.6 is 45.1 Å². The van der Waals surface area contributed by atoms with E-state index in [-0.39, 0.29) is 0 Å². The summed E-state index contributed by atoms with van der Waals surface area (Å²) in [4.78, 5) is 0. The fourth-order valence-electron chi connectivity index (χ4n) is 1.54. The summed E-state index contributed by atoms with van der Waals surface area (Å²) in [5.74, 6) is 14.8. The quantitative estimate of drug-likeness (QED) is 0.490. The average molecular weight is 379 g/mol. The SMILES string of the molecule is Nn1c2nnc1SCCOCCSc1nnc(n1N)SSC2. The number of nitrogens with zero attached hydrogens (tertiary/aromatic N) is 6. The van der Waals surface area contributed by atoms with Crippen LogP contribution in [0.3, 0.4) is 0 Å². The molecule has 0 fully saturated rings. The number of fused-ring (bicyclic) bond motifs is 4. The van der Waals surface area contributed by atoms with Crippen molar-refractivity contribution < 1.29 is 4.74 Å². The van der Waals surface area contributed by atoms with Crippen molar-refractivity contribution in [3.05, 3.63) is 5.82 Å². The third-order valence-electron chi connectivity index (χ3n) is 2.61. The molecule has 0 aromatic carbocycles. The van der Waals surface area contributed by atoms with Crippen LogP contribution in [0.1, 0.15) is 5.82 Å². The fourth-order valence-corrected chi connectivity index (χ4v) is 4.89. The van der Waals surface area contributed by atoms with E-state index in [0.29, 0.717) is 40.3 Å². The topological polar surface area (TPSA) is 123 Å². The summed E-state index contributed by atoms with van der Waals surface area (Å²) < 4.78 is 8.56. The first-order valence-corrected chi connectivity index (χ1v) is 10.6. The van der Waals surface area contributed by atoms with Gasteiger partial charge in [-0.3, -0.25) is 0 Å². The Bertz CT molecular complexity index is 579. The van der Waals surface area contributed by atoms with E-state index in [1.54, 1.807) is 0 Å². The van der Waals surface area contributed by atoms with Gasteiger partial charge in [-0.05, 0) is 10.8 Å². The maximum Gasteiger partial charge on any atom is 0.221 e. The van der Waals surface area contributed by atoms with Gasteiger partial charge in [-0.25, -0.2) is 9.35 Å². The van der Waals surface area contributed by atoms with E-state index in [9.17, 15) is 0 Å². The molecule has 9 nitrogen and oxygen atoms in total. The third kappa shape index (κ3) is 3.76. The van der Waals surface area contributed by atoms with Gasteiger partial charge in [-0.2, -0.15) is 0 Å². The summed E-state index contributed by atoms with van der Waals surface area (Å²) in [6.45, 7) is 1.24. The van der Waals surface area contributed by atoms with Gasteiger partial charge in [0.15, 0.2) is 5.82 Å². The van der Waals surface area contributed by atoms with Crippen LogP contribution in [0, 0.1) is 0 Å². The van der Waals surface area contributed by atoms with Crippen molar-refractivity contribution in [2.75, 3.05) is 36.4 Å². The molecular formula is C9H14N8OS4. The normalized spacial score (nSPS) is 17.5. The molecule has 0 atom stereocenters. The molecule has 0 radical (unpaired) electrons. The molecule has 0 spiro atoms. The molecule has 1 aliphatic heterocycles. The summed E-state index contributed by atoms with van der Waals surface area (Å²) in [6.07, 6.45) is 0. The van der Waals surface area contributed by atoms with Gasteiger partial charge in [0.05, 0.1) is 19.0 Å². The monoisotopic (exact) mass is 378 g/mol. The Labute approximate surface area is 143 Å². The summed E-state index contributed by atoms with van der Waals surface area (Å²) in [5.41, 5.74) is 0. The highest BCUT2D eigenvalue weighted by Crippen LogP contribution is 2.33. The minimum absolute atomic E-state index is 0.598. The van der Waals surface area contributed by atoms with Gasteiger partial charge < -0.3 is 16.4 Å². The van der Waals surface area contributed by atoms with Crippen LogP contribution in [-0.2, 0) is 10.5 Å². The molecule has 13 heteroatoms. The molecule has 2 aromatic heterocycles. The van der Waals surface area contributed by atoms with Crippen molar-refractivity contribution in [3.8, 4) is 0 Å². The number of hydrogen-bond donors (Lipinski definition) is 2. The van der Waals surface area contributed by atoms with E-state index in [2.05, 4.69) is 20.4 Å². The maximum absolute atomic E-state index is 5.99. The Morgan fingerprint density at radius 1 is 0.864 bits per heavy atom. The van der Waals surface area contributed by atoms with Crippen LogP contribution in [0.2, 0.25) is 0 Å². The van der Waals surface area contributed by atoms with Crippen LogP contribution in [0.15, 0.2) is 15.5 Å². The second kappa shape index (κ2) is 7.68. The van der Waals surface area contributed by atoms with Crippen molar-refractivity contribution in [1.82, 2.24) is 29.7 Å². The van der Waals surface area contributed by atoms with Crippen molar-refractivity contribution in [2.45, 2.75) is 21.2 Å². The number of nitrogen functional groups attached to an aromatic ring is 2. The first kappa shape index (κ1) is 16.1. The van der Waals surface area contributed by atoms with E-state index in [4.69, 9.17) is 16.4 Å². The predicted octanol–water partition coefficient (Wildman–Crippen LogP) is 0.452. The second-order valence-electron chi connectivity index (χ2n) is 4.06. The second-order valence-corrected chi connectivity index (χ2v) is 8.45. The zero-order valence-corrected chi connectivity index (χ0v) is 14.7. The molecule has 0 unspecified atom stereocenters. The number of ether oxygens (including phenoxy) is 1. The largest absolute Gasteiger partial charge is 0.380 e. The minimum atomic E-state index is 0.598. The molecule has 3 rings (SSSR count). The van der Waals surface area contributed by atoms with E-state index in [1.165, 1.54) is 54.5 Å². The molecule has 0 saturated carbocycles. The van der Waals surface area contributed by atoms with E-state index >= 15 is 0 Å². The van der Waals surface area contributed by atoms with Gasteiger partial charge in [-0.1, -0.05) is 34.3 Å². The first-order valence-electron chi connectivity index (χ1n) is 6.28. The molecular weight excluding hydrogens is 364 g/mol. The summed E-state index contributed by atoms with van der Waals surface area (Å²) in [5, 5.41) is 18.3. The summed E-state index contributed by atoms with van der Waals surface area (Å²) in [6, 6.07) is 0. The van der Waals surface area contributed by atoms with Gasteiger partial charge in [0, 0.05) is 11.5 Å². The fraction of sp³-hybridized carbons (Fsp3) is 0.556. The van der Waals surface area contributed by atoms with Crippen LogP contribution in [0.25, 0.3) is 0 Å². The molecule has 3 heterocycles. The van der Waals surface area contributed by atoms with Gasteiger partial charge in [0.2, 0.25) is 15.5 Å². The van der Waals surface area contributed by atoms with Crippen molar-refractivity contribution in [3.63, 3.8) is 0 Å². The summed E-state index contributed by atoms with van der Waals surface area (Å²) in [7, 11) is 2.97. The standard InChI is InChI=1S/C9H14N8OS4/c10-16-6-5-21-22-9-15-14-8(17(9)11)20-4-2-18-1-3-19-7(16)13-12-6/h1-5,10-11H2. The van der Waals surface area contributed by atoms with Gasteiger partial charge in [-0.15, -0.1) is 20.4 Å². The number of aromatic nitrogens is 6. The molecule has 22 heavy (non-hydrogen) atoms. The van der Waals surface area contributed by atoms with E-state index in [1.807, 2.05) is 0 Å². The summed E-state index contributed by atoms with van der Waals surface area (Å²) >= 11 is 3.06. The van der Waals surface area contributed by atoms with Crippen LogP contribution in [0.5, 0.6) is 0 Å². The highest BCUT2D eigenvalue weighted by Gasteiger charge is 2.14. The smallest absolute Gasteiger partial charge is 0.221 e. The van der Waals surface area contributed by atoms with Crippen LogP contribution < -0.4 is 11.7 Å². The van der Waals surface area contributed by atoms with Crippen molar-refractivity contribution >= 4 is 45.1 Å². The highest BCUT2D eigenvalue weighted by molar-refractivity contribution is 8.76. The Kier molecular flexibility index (Phi) is 5.62. The molecule has 0 aliphatic carbocycles. The zero-order valence-electron chi connectivity index (χ0n) is 11.4. The lowest BCUT2D eigenvalue weighted by Crippen LogP contribution is -2.14. The molecule has 0 saturated heterocycles. The van der Waals surface area contributed by atoms with Gasteiger partial charge >= 0.3 is 0 Å². The zero-order chi connectivity index (χ0) is 15.4. The number of rotatable bonds is 0. The van der Waals surface area contributed by atoms with Gasteiger partial charge in [0.1, 0.15) is 0 Å². The molecule has 120 valence electrons. The molecule has 4 bridgehead atoms. The lowest BCUT2D eigenvalue weighted by Gasteiger charge is -2.06. The first-order chi connectivity index (χ1) is 10.8. The van der Waals surface area contributed by atoms with E-state index in [0.717, 1.165) is 11.5 Å². The van der Waals surface area contributed by atoms with E-state index < -0.39 is 0 Å². The average Bonchev–Trinajstić information content (AvgIpc) is 3.03. The molecule has 1 aliphatic rings. The van der Waals surface area contributed by atoms with Crippen molar-refractivity contribution in [1.29, 1.82) is 0 Å². The third-order valence-corrected chi connectivity index (χ3v) is 6.50. The molecule has 4 N–H and O–H groups in total. The predicted molar refractivity (Wildman–Crippen MR) is 89.8 cm³/mol. The Hall–Kier alpha value is -0.760. The Balaban J connectivity index is 1.72. The lowest BCUT2D eigenvalue weighted by molar-refractivity contribution is 0.167. The number of hydrogen-bond acceptors (Lipinski definition) is 11. The number of nitrogens with two attached hydrogens (primary N) is 2. The Morgan fingerprint density at radius 3 is 2.27 bits per heavy atom. The Morgan fingerprint density at radius 2 is 1.50 bits per heavy atom. The van der Waals surface area contributed by atoms with Crippen molar-refractivity contribution in [2.24, 2.45) is 0 Å². The van der Waals surface area contributed by atoms with Gasteiger partial charge in [0.25, 0.3) is 0 Å². The van der Waals surface area contributed by atoms with Crippen LogP contribution in [0.4, 0.5) is 0 Å². The van der Waals surface area contributed by atoms with Crippen LogP contribution in [-0.4, -0.2) is 54.5 Å².